The van der Waals surface area contributed by atoms with Gasteiger partial charge in [-0.2, -0.15) is 0 Å². The molecule has 0 radical (unpaired) electrons. The second kappa shape index (κ2) is 8.05. The molecule has 1 amide bonds. The summed E-state index contributed by atoms with van der Waals surface area (Å²) in [6.07, 6.45) is 5.22. The lowest BCUT2D eigenvalue weighted by Gasteiger charge is -2.32. The first-order valence-electron chi connectivity index (χ1n) is 11.7. The first-order chi connectivity index (χ1) is 15.7. The number of morpholine rings is 1. The molecule has 1 N–H and O–H groups in total. The molecule has 7 nitrogen and oxygen atoms in total. The van der Waals surface area contributed by atoms with Gasteiger partial charge in [0.25, 0.3) is 0 Å². The molecule has 3 fully saturated rings. The number of hydrogen-bond donors (Lipinski definition) is 1. The summed E-state index contributed by atoms with van der Waals surface area (Å²) >= 11 is 0. The van der Waals surface area contributed by atoms with E-state index in [0.717, 1.165) is 67.6 Å². The van der Waals surface area contributed by atoms with Crippen molar-refractivity contribution in [3.05, 3.63) is 42.1 Å². The Hall–Kier alpha value is -2.64. The van der Waals surface area contributed by atoms with E-state index in [1.807, 2.05) is 11.0 Å². The third-order valence-electron chi connectivity index (χ3n) is 7.81. The van der Waals surface area contributed by atoms with Crippen LogP contribution >= 0.6 is 0 Å². The fourth-order valence-corrected chi connectivity index (χ4v) is 6.24. The van der Waals surface area contributed by atoms with Crippen LogP contribution in [-0.4, -0.2) is 50.4 Å². The molecule has 2 saturated carbocycles. The number of fused-ring (bicyclic) bond motifs is 4. The Kier molecular flexibility index (Phi) is 5.03. The highest BCUT2D eigenvalue weighted by Gasteiger charge is 2.52. The number of benzene rings is 1. The molecule has 6 rings (SSSR count). The maximum Gasteiger partial charge on any atom is 0.230 e. The van der Waals surface area contributed by atoms with Crippen molar-refractivity contribution in [1.82, 2.24) is 4.98 Å². The maximum atomic E-state index is 14.1. The molecule has 168 valence electrons. The zero-order valence-electron chi connectivity index (χ0n) is 18.5. The molecule has 2 bridgehead atoms. The van der Waals surface area contributed by atoms with E-state index >= 15 is 0 Å². The molecule has 4 aliphatic rings. The predicted molar refractivity (Wildman–Crippen MR) is 123 cm³/mol. The number of methoxy groups -OCH3 is 1. The van der Waals surface area contributed by atoms with Crippen LogP contribution in [0.5, 0.6) is 0 Å². The quantitative estimate of drug-likeness (QED) is 0.797. The van der Waals surface area contributed by atoms with Crippen molar-refractivity contribution in [3.63, 3.8) is 0 Å². The predicted octanol–water partition coefficient (Wildman–Crippen LogP) is 3.57. The second-order valence-corrected chi connectivity index (χ2v) is 9.41. The molecule has 32 heavy (non-hydrogen) atoms. The van der Waals surface area contributed by atoms with Crippen molar-refractivity contribution in [3.8, 4) is 0 Å². The minimum absolute atomic E-state index is 0.0248. The van der Waals surface area contributed by atoms with Crippen molar-refractivity contribution in [1.29, 1.82) is 0 Å². The van der Waals surface area contributed by atoms with Gasteiger partial charge in [0, 0.05) is 43.6 Å². The number of amides is 1. The number of anilines is 4. The minimum Gasteiger partial charge on any atom is -0.381 e. The van der Waals surface area contributed by atoms with Crippen LogP contribution in [0.2, 0.25) is 0 Å². The second-order valence-electron chi connectivity index (χ2n) is 9.41. The SMILES string of the molecule is CO[C@H]1C2CCC1C(C(=O)N1Cc3cccnc3Nc3ccc(N4CCOCC4)cc31)C2. The Morgan fingerprint density at radius 1 is 1.22 bits per heavy atom. The Morgan fingerprint density at radius 3 is 2.91 bits per heavy atom. The van der Waals surface area contributed by atoms with Crippen LogP contribution in [0.4, 0.5) is 22.9 Å². The Morgan fingerprint density at radius 2 is 2.09 bits per heavy atom. The topological polar surface area (TPSA) is 66.9 Å². The molecule has 1 aromatic carbocycles. The van der Waals surface area contributed by atoms with Gasteiger partial charge in [-0.3, -0.25) is 4.79 Å². The number of hydrogen-bond acceptors (Lipinski definition) is 6. The zero-order chi connectivity index (χ0) is 21.7. The number of carbonyl (C=O) groups excluding carboxylic acids is 1. The molecule has 7 heteroatoms. The molecule has 0 spiro atoms. The van der Waals surface area contributed by atoms with Crippen LogP contribution in [-0.2, 0) is 20.8 Å². The molecular formula is C25H30N4O3. The summed E-state index contributed by atoms with van der Waals surface area (Å²) in [5.41, 5.74) is 4.04. The van der Waals surface area contributed by atoms with Gasteiger partial charge < -0.3 is 24.6 Å². The highest BCUT2D eigenvalue weighted by atomic mass is 16.5. The molecule has 4 atom stereocenters. The molecule has 2 aromatic rings. The van der Waals surface area contributed by atoms with Crippen LogP contribution in [0.25, 0.3) is 0 Å². The number of nitrogens with zero attached hydrogens (tertiary/aromatic N) is 3. The van der Waals surface area contributed by atoms with Crippen LogP contribution in [0, 0.1) is 17.8 Å². The summed E-state index contributed by atoms with van der Waals surface area (Å²) in [5, 5.41) is 3.49. The van der Waals surface area contributed by atoms with E-state index in [4.69, 9.17) is 9.47 Å². The van der Waals surface area contributed by atoms with E-state index in [0.29, 0.717) is 18.4 Å². The third kappa shape index (κ3) is 3.26. The molecular weight excluding hydrogens is 404 g/mol. The standard InChI is InChI=1S/C25H30N4O3/c1-31-23-16-4-6-19(23)20(13-16)25(30)29-15-17-3-2-8-26-24(17)27-21-7-5-18(14-22(21)29)28-9-11-32-12-10-28/h2-3,5,7-8,14,16,19-20,23H,4,6,9-13,15H2,1H3,(H,26,27)/t16?,19?,20?,23-/m0/s1. The number of rotatable bonds is 3. The molecule has 3 heterocycles. The van der Waals surface area contributed by atoms with Crippen molar-refractivity contribution >= 4 is 28.8 Å². The fraction of sp³-hybridized carbons (Fsp3) is 0.520. The van der Waals surface area contributed by atoms with Gasteiger partial charge in [0.15, 0.2) is 0 Å². The van der Waals surface area contributed by atoms with Gasteiger partial charge in [0.05, 0.1) is 37.2 Å². The Labute approximate surface area is 188 Å². The van der Waals surface area contributed by atoms with E-state index in [2.05, 4.69) is 39.5 Å². The van der Waals surface area contributed by atoms with Gasteiger partial charge in [-0.1, -0.05) is 6.07 Å². The van der Waals surface area contributed by atoms with E-state index < -0.39 is 0 Å². The van der Waals surface area contributed by atoms with Crippen molar-refractivity contribution in [2.24, 2.45) is 17.8 Å². The van der Waals surface area contributed by atoms with E-state index in [-0.39, 0.29) is 17.9 Å². The summed E-state index contributed by atoms with van der Waals surface area (Å²) in [7, 11) is 1.80. The lowest BCUT2D eigenvalue weighted by molar-refractivity contribution is -0.124. The highest BCUT2D eigenvalue weighted by Crippen LogP contribution is 2.51. The van der Waals surface area contributed by atoms with E-state index in [1.165, 1.54) is 6.42 Å². The first kappa shape index (κ1) is 20.0. The van der Waals surface area contributed by atoms with Gasteiger partial charge in [0.2, 0.25) is 5.91 Å². The fourth-order valence-electron chi connectivity index (χ4n) is 6.24. The van der Waals surface area contributed by atoms with Crippen molar-refractivity contribution in [2.45, 2.75) is 31.9 Å². The van der Waals surface area contributed by atoms with Crippen LogP contribution in [0.1, 0.15) is 24.8 Å². The number of ether oxygens (including phenoxy) is 2. The van der Waals surface area contributed by atoms with E-state index in [1.54, 1.807) is 13.3 Å². The lowest BCUT2D eigenvalue weighted by atomic mass is 9.87. The number of pyridine rings is 1. The summed E-state index contributed by atoms with van der Waals surface area (Å²) in [6.45, 7) is 3.72. The largest absolute Gasteiger partial charge is 0.381 e. The Bertz CT molecular complexity index is 1020. The normalized spacial score (nSPS) is 28.7. The van der Waals surface area contributed by atoms with Gasteiger partial charge in [-0.05, 0) is 55.4 Å². The van der Waals surface area contributed by atoms with Gasteiger partial charge in [0.1, 0.15) is 5.82 Å². The van der Waals surface area contributed by atoms with Crippen LogP contribution in [0.15, 0.2) is 36.5 Å². The van der Waals surface area contributed by atoms with Crippen LogP contribution < -0.4 is 15.1 Å². The number of aromatic nitrogens is 1. The van der Waals surface area contributed by atoms with Crippen LogP contribution in [0.3, 0.4) is 0 Å². The third-order valence-corrected chi connectivity index (χ3v) is 7.81. The van der Waals surface area contributed by atoms with Gasteiger partial charge in [-0.15, -0.1) is 0 Å². The zero-order valence-corrected chi connectivity index (χ0v) is 18.5. The molecule has 2 aliphatic heterocycles. The van der Waals surface area contributed by atoms with Crippen molar-refractivity contribution < 1.29 is 14.3 Å². The lowest BCUT2D eigenvalue weighted by Crippen LogP contribution is -2.39. The molecule has 3 unspecified atom stereocenters. The van der Waals surface area contributed by atoms with Gasteiger partial charge in [-0.25, -0.2) is 4.98 Å². The number of carbonyl (C=O) groups is 1. The average molecular weight is 435 g/mol. The highest BCUT2D eigenvalue weighted by molar-refractivity contribution is 6.00. The summed E-state index contributed by atoms with van der Waals surface area (Å²) in [6, 6.07) is 10.4. The molecule has 2 aliphatic carbocycles. The molecule has 1 saturated heterocycles. The number of nitrogens with one attached hydrogen (secondary N) is 1. The van der Waals surface area contributed by atoms with E-state index in [9.17, 15) is 4.79 Å². The summed E-state index contributed by atoms with van der Waals surface area (Å²) < 4.78 is 11.3. The smallest absolute Gasteiger partial charge is 0.230 e. The van der Waals surface area contributed by atoms with Crippen molar-refractivity contribution in [2.75, 3.05) is 48.5 Å². The average Bonchev–Trinajstić information content (AvgIpc) is 3.36. The summed E-state index contributed by atoms with van der Waals surface area (Å²) in [4.78, 5) is 22.9. The minimum atomic E-state index is 0.0248. The van der Waals surface area contributed by atoms with Gasteiger partial charge >= 0.3 is 0 Å². The Balaban J connectivity index is 1.39. The maximum absolute atomic E-state index is 14.1. The monoisotopic (exact) mass is 434 g/mol. The summed E-state index contributed by atoms with van der Waals surface area (Å²) in [5.74, 6) is 1.91. The first-order valence-corrected chi connectivity index (χ1v) is 11.7. The molecule has 1 aromatic heterocycles.